The Morgan fingerprint density at radius 2 is 1.47 bits per heavy atom. The van der Waals surface area contributed by atoms with Crippen molar-refractivity contribution < 1.29 is 42.3 Å². The number of carbonyl (C=O) groups is 5. The van der Waals surface area contributed by atoms with Crippen LogP contribution < -0.4 is 5.32 Å². The second kappa shape index (κ2) is 11.9. The topological polar surface area (TPSA) is 127 Å². The first-order chi connectivity index (χ1) is 16.4. The van der Waals surface area contributed by atoms with Gasteiger partial charge >= 0.3 is 18.1 Å². The summed E-state index contributed by atoms with van der Waals surface area (Å²) < 4.78 is 39.5. The van der Waals surface area contributed by atoms with Crippen LogP contribution in [0, 0.1) is 11.8 Å². The Morgan fingerprint density at radius 1 is 0.972 bits per heavy atom. The average Bonchev–Trinajstić information content (AvgIpc) is 3.29. The summed E-state index contributed by atoms with van der Waals surface area (Å²) in [5.41, 5.74) is -1.96. The number of nitrogens with one attached hydrogen (secondary N) is 1. The van der Waals surface area contributed by atoms with Crippen LogP contribution in [0.1, 0.15) is 53.9 Å². The smallest absolute Gasteiger partial charge is 0.471 e. The molecule has 36 heavy (non-hydrogen) atoms. The minimum atomic E-state index is -5.21. The quantitative estimate of drug-likeness (QED) is 0.448. The van der Waals surface area contributed by atoms with Crippen LogP contribution in [0.4, 0.5) is 13.2 Å². The van der Waals surface area contributed by atoms with Crippen LogP contribution in [0.25, 0.3) is 0 Å². The van der Waals surface area contributed by atoms with Crippen molar-refractivity contribution in [1.82, 2.24) is 20.0 Å². The molecule has 0 aromatic heterocycles. The summed E-state index contributed by atoms with van der Waals surface area (Å²) in [6.45, 7) is 8.22. The van der Waals surface area contributed by atoms with E-state index in [2.05, 4.69) is 5.32 Å². The number of carboxylic acids is 1. The Balaban J connectivity index is 3.29. The highest BCUT2D eigenvalue weighted by atomic mass is 19.4. The zero-order valence-electron chi connectivity index (χ0n) is 21.8. The van der Waals surface area contributed by atoms with Crippen LogP contribution in [0.3, 0.4) is 0 Å². The first kappa shape index (κ1) is 31.2. The zero-order chi connectivity index (χ0) is 28.2. The molecule has 206 valence electrons. The second-order valence-corrected chi connectivity index (χ2v) is 9.96. The molecule has 1 unspecified atom stereocenters. The first-order valence-electron chi connectivity index (χ1n) is 11.8. The molecule has 0 aromatic carbocycles. The molecule has 1 rings (SSSR count). The maximum absolute atomic E-state index is 13.6. The van der Waals surface area contributed by atoms with Gasteiger partial charge in [-0.2, -0.15) is 13.2 Å². The molecule has 1 aliphatic rings. The Bertz CT molecular complexity index is 857. The van der Waals surface area contributed by atoms with E-state index in [9.17, 15) is 42.3 Å². The van der Waals surface area contributed by atoms with Gasteiger partial charge in [-0.05, 0) is 31.6 Å². The van der Waals surface area contributed by atoms with Gasteiger partial charge in [-0.1, -0.05) is 27.7 Å². The summed E-state index contributed by atoms with van der Waals surface area (Å²) in [5.74, 6) is -7.13. The van der Waals surface area contributed by atoms with Gasteiger partial charge in [0.15, 0.2) is 0 Å². The fraction of sp³-hybridized carbons (Fsp3) is 0.783. The molecule has 13 heteroatoms. The van der Waals surface area contributed by atoms with Crippen molar-refractivity contribution in [2.75, 3.05) is 27.2 Å². The van der Waals surface area contributed by atoms with Gasteiger partial charge in [0.25, 0.3) is 0 Å². The monoisotopic (exact) mass is 522 g/mol. The number of rotatable bonds is 10. The zero-order valence-corrected chi connectivity index (χ0v) is 21.8. The maximum atomic E-state index is 13.6. The molecule has 3 atom stereocenters. The summed E-state index contributed by atoms with van der Waals surface area (Å²) in [4.78, 5) is 65.8. The van der Waals surface area contributed by atoms with Crippen molar-refractivity contribution >= 4 is 29.6 Å². The van der Waals surface area contributed by atoms with Crippen molar-refractivity contribution in [2.45, 2.75) is 77.7 Å². The fourth-order valence-electron chi connectivity index (χ4n) is 4.38. The van der Waals surface area contributed by atoms with E-state index in [-0.39, 0.29) is 0 Å². The number of nitrogens with zero attached hydrogens (tertiary/aromatic N) is 3. The van der Waals surface area contributed by atoms with E-state index < -0.39 is 71.7 Å². The normalized spacial score (nSPS) is 17.4. The highest BCUT2D eigenvalue weighted by Gasteiger charge is 2.53. The number of likely N-dealkylation sites (N-methyl/N-ethyl adjacent to an activating group) is 2. The standard InChI is InChI=1S/C23H37F3N4O6/c1-13(2)17(18(33)27-15(12-16(31)32)19(34)30-10-8-9-11-30)28(6)20(35)22(5,14(3)4)29(7)21(36)23(24,25)26/h13-15,17H,8-12H2,1-7H3,(H,27,33)(H,31,32)/t15-,17-,22?/m0/s1. The average molecular weight is 523 g/mol. The SMILES string of the molecule is CC(C)[C@@H](C(=O)N[C@@H](CC(=O)O)C(=O)N1CCCC1)N(C)C(=O)C(C)(C(C)C)N(C)C(=O)C(F)(F)F. The van der Waals surface area contributed by atoms with Gasteiger partial charge in [0.2, 0.25) is 17.7 Å². The molecule has 10 nitrogen and oxygen atoms in total. The predicted octanol–water partition coefficient (Wildman–Crippen LogP) is 1.49. The van der Waals surface area contributed by atoms with Gasteiger partial charge in [0.05, 0.1) is 6.42 Å². The number of alkyl halides is 3. The number of aliphatic carboxylic acids is 1. The van der Waals surface area contributed by atoms with Crippen LogP contribution in [0.2, 0.25) is 0 Å². The van der Waals surface area contributed by atoms with Gasteiger partial charge in [-0.15, -0.1) is 0 Å². The second-order valence-electron chi connectivity index (χ2n) is 9.96. The van der Waals surface area contributed by atoms with Crippen LogP contribution in [0.15, 0.2) is 0 Å². The fourth-order valence-corrected chi connectivity index (χ4v) is 4.38. The van der Waals surface area contributed by atoms with Crippen LogP contribution in [-0.4, -0.2) is 100 Å². The highest BCUT2D eigenvalue weighted by molar-refractivity contribution is 5.97. The Labute approximate surface area is 209 Å². The molecule has 0 aromatic rings. The summed E-state index contributed by atoms with van der Waals surface area (Å²) in [7, 11) is 2.11. The Morgan fingerprint density at radius 3 is 1.86 bits per heavy atom. The van der Waals surface area contributed by atoms with Gasteiger partial charge in [0, 0.05) is 27.2 Å². The summed E-state index contributed by atoms with van der Waals surface area (Å²) >= 11 is 0. The summed E-state index contributed by atoms with van der Waals surface area (Å²) in [6.07, 6.45) is -4.37. The van der Waals surface area contributed by atoms with Crippen LogP contribution in [0.5, 0.6) is 0 Å². The molecule has 2 N–H and O–H groups in total. The lowest BCUT2D eigenvalue weighted by molar-refractivity contribution is -0.193. The van der Waals surface area contributed by atoms with E-state index in [1.54, 1.807) is 13.8 Å². The largest absolute Gasteiger partial charge is 0.481 e. The summed E-state index contributed by atoms with van der Waals surface area (Å²) in [6, 6.07) is -2.63. The van der Waals surface area contributed by atoms with Crippen molar-refractivity contribution in [1.29, 1.82) is 0 Å². The van der Waals surface area contributed by atoms with E-state index in [0.29, 0.717) is 18.0 Å². The van der Waals surface area contributed by atoms with E-state index >= 15 is 0 Å². The molecule has 1 saturated heterocycles. The van der Waals surface area contributed by atoms with Crippen molar-refractivity contribution in [3.63, 3.8) is 0 Å². The number of hydrogen-bond donors (Lipinski definition) is 2. The molecule has 0 bridgehead atoms. The van der Waals surface area contributed by atoms with Crippen LogP contribution >= 0.6 is 0 Å². The minimum absolute atomic E-state index is 0.329. The number of hydrogen-bond acceptors (Lipinski definition) is 5. The highest BCUT2D eigenvalue weighted by Crippen LogP contribution is 2.31. The molecular formula is C23H37F3N4O6. The number of halogens is 3. The van der Waals surface area contributed by atoms with Crippen molar-refractivity contribution in [3.8, 4) is 0 Å². The van der Waals surface area contributed by atoms with Crippen molar-refractivity contribution in [2.24, 2.45) is 11.8 Å². The number of carbonyl (C=O) groups excluding carboxylic acids is 4. The molecule has 0 saturated carbocycles. The third-order valence-electron chi connectivity index (χ3n) is 6.85. The molecule has 1 aliphatic heterocycles. The third kappa shape index (κ3) is 6.88. The Hall–Kier alpha value is -2.86. The van der Waals surface area contributed by atoms with Gasteiger partial charge in [0.1, 0.15) is 17.6 Å². The molecule has 4 amide bonds. The number of carboxylic acid groups (broad SMARTS) is 1. The van der Waals surface area contributed by atoms with Gasteiger partial charge in [-0.3, -0.25) is 24.0 Å². The van der Waals surface area contributed by atoms with Gasteiger partial charge < -0.3 is 25.1 Å². The van der Waals surface area contributed by atoms with E-state index in [1.807, 2.05) is 0 Å². The predicted molar refractivity (Wildman–Crippen MR) is 123 cm³/mol. The minimum Gasteiger partial charge on any atom is -0.481 e. The van der Waals surface area contributed by atoms with E-state index in [0.717, 1.165) is 24.8 Å². The molecule has 0 spiro atoms. The lowest BCUT2D eigenvalue weighted by Gasteiger charge is -2.45. The van der Waals surface area contributed by atoms with E-state index in [1.165, 1.54) is 32.7 Å². The molecular weight excluding hydrogens is 485 g/mol. The maximum Gasteiger partial charge on any atom is 0.471 e. The molecule has 1 heterocycles. The lowest BCUT2D eigenvalue weighted by atomic mass is 9.84. The van der Waals surface area contributed by atoms with Gasteiger partial charge in [-0.25, -0.2) is 0 Å². The summed E-state index contributed by atoms with van der Waals surface area (Å²) in [5, 5.41) is 11.7. The third-order valence-corrected chi connectivity index (χ3v) is 6.85. The molecule has 0 radical (unpaired) electrons. The number of likely N-dealkylation sites (tertiary alicyclic amines) is 1. The lowest BCUT2D eigenvalue weighted by Crippen LogP contribution is -2.66. The first-order valence-corrected chi connectivity index (χ1v) is 11.8. The van der Waals surface area contributed by atoms with Crippen molar-refractivity contribution in [3.05, 3.63) is 0 Å². The Kier molecular flexibility index (Phi) is 10.3. The molecule has 0 aliphatic carbocycles. The van der Waals surface area contributed by atoms with E-state index in [4.69, 9.17) is 0 Å². The molecule has 1 fully saturated rings. The number of amides is 4. The van der Waals surface area contributed by atoms with Crippen LogP contribution in [-0.2, 0) is 24.0 Å².